The highest BCUT2D eigenvalue weighted by Gasteiger charge is 2.28. The third kappa shape index (κ3) is 4.81. The lowest BCUT2D eigenvalue weighted by Crippen LogP contribution is -2.21. The Morgan fingerprint density at radius 2 is 1.71 bits per heavy atom. The number of methoxy groups -OCH3 is 3. The van der Waals surface area contributed by atoms with E-state index in [0.717, 1.165) is 0 Å². The van der Waals surface area contributed by atoms with Crippen LogP contribution < -0.4 is 34.6 Å². The number of carbonyl (C=O) groups is 1. The predicted molar refractivity (Wildman–Crippen MR) is 125 cm³/mol. The molecule has 0 saturated heterocycles. The Labute approximate surface area is 200 Å². The molecule has 1 aromatic heterocycles. The van der Waals surface area contributed by atoms with Gasteiger partial charge in [0, 0.05) is 30.2 Å². The molecule has 1 aliphatic heterocycles. The molecule has 2 heterocycles. The Kier molecular flexibility index (Phi) is 6.72. The smallest absolute Gasteiger partial charge is 0.343 e. The first kappa shape index (κ1) is 23.8. The average molecular weight is 483 g/mol. The number of aromatic hydroxyl groups is 1. The molecule has 1 atom stereocenters. The molecule has 4 rings (SSSR count). The van der Waals surface area contributed by atoms with Gasteiger partial charge in [0.25, 0.3) is 0 Å². The number of hydrogen-bond acceptors (Lipinski definition) is 9. The summed E-state index contributed by atoms with van der Waals surface area (Å²) in [5.74, 6) is 0.761. The summed E-state index contributed by atoms with van der Waals surface area (Å²) in [6.07, 6.45) is -0.200. The van der Waals surface area contributed by atoms with E-state index in [1.54, 1.807) is 37.3 Å². The highest BCUT2D eigenvalue weighted by Crippen LogP contribution is 2.43. The molecule has 0 aliphatic carbocycles. The Morgan fingerprint density at radius 1 is 1.03 bits per heavy atom. The minimum absolute atomic E-state index is 0.0642. The number of benzene rings is 2. The molecule has 35 heavy (non-hydrogen) atoms. The summed E-state index contributed by atoms with van der Waals surface area (Å²) in [4.78, 5) is 25.9. The lowest BCUT2D eigenvalue weighted by molar-refractivity contribution is -0.116. The van der Waals surface area contributed by atoms with Gasteiger partial charge in [0.2, 0.25) is 18.4 Å². The van der Waals surface area contributed by atoms with Crippen LogP contribution in [-0.4, -0.2) is 39.1 Å². The van der Waals surface area contributed by atoms with Crippen LogP contribution in [0.4, 0.5) is 5.69 Å². The minimum atomic E-state index is -0.894. The molecule has 10 heteroatoms. The maximum Gasteiger partial charge on any atom is 0.343 e. The maximum atomic E-state index is 13.1. The normalized spacial score (nSPS) is 12.7. The molecule has 0 saturated carbocycles. The first-order chi connectivity index (χ1) is 16.8. The van der Waals surface area contributed by atoms with Gasteiger partial charge in [-0.25, -0.2) is 4.79 Å². The number of hydrogen-bond donors (Lipinski definition) is 2. The molecule has 0 bridgehead atoms. The van der Waals surface area contributed by atoms with Crippen molar-refractivity contribution in [2.45, 2.75) is 19.3 Å². The number of ether oxygens (including phenoxy) is 5. The number of fused-ring (bicyclic) bond motifs is 1. The monoisotopic (exact) mass is 483 g/mol. The van der Waals surface area contributed by atoms with Gasteiger partial charge in [-0.3, -0.25) is 4.79 Å². The van der Waals surface area contributed by atoms with Gasteiger partial charge in [0.1, 0.15) is 11.5 Å². The quantitative estimate of drug-likeness (QED) is 0.494. The zero-order valence-electron chi connectivity index (χ0n) is 19.7. The Morgan fingerprint density at radius 3 is 2.34 bits per heavy atom. The molecule has 2 aromatic carbocycles. The number of nitrogens with one attached hydrogen (secondary N) is 1. The fraction of sp³-hybridized carbons (Fsp3) is 0.280. The van der Waals surface area contributed by atoms with Crippen LogP contribution in [0, 0.1) is 6.92 Å². The maximum absolute atomic E-state index is 13.1. The zero-order valence-corrected chi connectivity index (χ0v) is 19.7. The zero-order chi connectivity index (χ0) is 25.1. The minimum Gasteiger partial charge on any atom is -0.507 e. The van der Waals surface area contributed by atoms with E-state index in [0.29, 0.717) is 40.0 Å². The van der Waals surface area contributed by atoms with Crippen LogP contribution >= 0.6 is 0 Å². The van der Waals surface area contributed by atoms with Crippen LogP contribution in [0.3, 0.4) is 0 Å². The van der Waals surface area contributed by atoms with E-state index in [2.05, 4.69) is 5.32 Å². The Balaban J connectivity index is 1.74. The molecule has 2 N–H and O–H groups in total. The van der Waals surface area contributed by atoms with Gasteiger partial charge in [-0.2, -0.15) is 0 Å². The number of rotatable bonds is 8. The van der Waals surface area contributed by atoms with E-state index >= 15 is 0 Å². The SMILES string of the molecule is COc1cc([C@@H](CC(=O)Nc2ccc3c(c2)OCO3)c2c(O)cc(C)oc2=O)cc(OC)c1OC. The van der Waals surface area contributed by atoms with Crippen molar-refractivity contribution in [2.75, 3.05) is 33.4 Å². The van der Waals surface area contributed by atoms with Crippen molar-refractivity contribution in [3.63, 3.8) is 0 Å². The molecule has 0 fully saturated rings. The summed E-state index contributed by atoms with van der Waals surface area (Å²) < 4.78 is 32.1. The third-order valence-electron chi connectivity index (χ3n) is 5.57. The van der Waals surface area contributed by atoms with Gasteiger partial charge < -0.3 is 38.5 Å². The summed E-state index contributed by atoms with van der Waals surface area (Å²) in [6.45, 7) is 1.66. The van der Waals surface area contributed by atoms with Gasteiger partial charge in [-0.15, -0.1) is 0 Å². The third-order valence-corrected chi connectivity index (χ3v) is 5.57. The second-order valence-corrected chi connectivity index (χ2v) is 7.78. The molecule has 0 radical (unpaired) electrons. The van der Waals surface area contributed by atoms with E-state index in [9.17, 15) is 14.7 Å². The Hall–Kier alpha value is -4.34. The van der Waals surface area contributed by atoms with Crippen LogP contribution in [0.15, 0.2) is 45.6 Å². The first-order valence-corrected chi connectivity index (χ1v) is 10.7. The van der Waals surface area contributed by atoms with Crippen molar-refractivity contribution in [2.24, 2.45) is 0 Å². The van der Waals surface area contributed by atoms with Gasteiger partial charge in [0.15, 0.2) is 23.0 Å². The molecule has 184 valence electrons. The second kappa shape index (κ2) is 9.88. The number of aryl methyl sites for hydroxylation is 1. The van der Waals surface area contributed by atoms with Crippen molar-refractivity contribution in [3.8, 4) is 34.5 Å². The molecule has 0 spiro atoms. The summed E-state index contributed by atoms with van der Waals surface area (Å²) >= 11 is 0. The number of anilines is 1. The predicted octanol–water partition coefficient (Wildman–Crippen LogP) is 3.57. The van der Waals surface area contributed by atoms with Gasteiger partial charge in [-0.05, 0) is 36.8 Å². The highest BCUT2D eigenvalue weighted by molar-refractivity contribution is 5.92. The fourth-order valence-corrected chi connectivity index (χ4v) is 3.99. The van der Waals surface area contributed by atoms with Crippen LogP contribution in [-0.2, 0) is 4.79 Å². The van der Waals surface area contributed by atoms with Crippen LogP contribution in [0.1, 0.15) is 29.2 Å². The summed E-state index contributed by atoms with van der Waals surface area (Å²) in [7, 11) is 4.39. The summed E-state index contributed by atoms with van der Waals surface area (Å²) in [5.41, 5.74) is 0.151. The van der Waals surface area contributed by atoms with Gasteiger partial charge in [-0.1, -0.05) is 0 Å². The topological polar surface area (TPSA) is 126 Å². The van der Waals surface area contributed by atoms with E-state index in [1.165, 1.54) is 27.4 Å². The van der Waals surface area contributed by atoms with Crippen molar-refractivity contribution in [1.82, 2.24) is 0 Å². The summed E-state index contributed by atoms with van der Waals surface area (Å²) in [6, 6.07) is 9.59. The van der Waals surface area contributed by atoms with Crippen molar-refractivity contribution >= 4 is 11.6 Å². The van der Waals surface area contributed by atoms with E-state index in [-0.39, 0.29) is 30.3 Å². The van der Waals surface area contributed by atoms with Crippen LogP contribution in [0.2, 0.25) is 0 Å². The molecular formula is C25H25NO9. The molecule has 1 aliphatic rings. The van der Waals surface area contributed by atoms with E-state index in [4.69, 9.17) is 28.1 Å². The number of amides is 1. The highest BCUT2D eigenvalue weighted by atomic mass is 16.7. The molecule has 3 aromatic rings. The Bertz CT molecular complexity index is 1290. The second-order valence-electron chi connectivity index (χ2n) is 7.78. The average Bonchev–Trinajstić information content (AvgIpc) is 3.29. The molecule has 1 amide bonds. The van der Waals surface area contributed by atoms with Crippen molar-refractivity contribution in [3.05, 3.63) is 63.7 Å². The van der Waals surface area contributed by atoms with Crippen molar-refractivity contribution < 1.29 is 38.0 Å². The molecule has 10 nitrogen and oxygen atoms in total. The van der Waals surface area contributed by atoms with Crippen LogP contribution in [0.25, 0.3) is 0 Å². The largest absolute Gasteiger partial charge is 0.507 e. The first-order valence-electron chi connectivity index (χ1n) is 10.7. The lowest BCUT2D eigenvalue weighted by atomic mass is 9.88. The fourth-order valence-electron chi connectivity index (χ4n) is 3.99. The lowest BCUT2D eigenvalue weighted by Gasteiger charge is -2.21. The van der Waals surface area contributed by atoms with Crippen molar-refractivity contribution in [1.29, 1.82) is 0 Å². The summed E-state index contributed by atoms with van der Waals surface area (Å²) in [5, 5.41) is 13.5. The van der Waals surface area contributed by atoms with Gasteiger partial charge >= 0.3 is 5.63 Å². The standard InChI is InChI=1S/C25H25NO9/c1-13-7-17(27)23(25(29)35-13)16(14-8-20(30-2)24(32-4)21(9-14)31-3)11-22(28)26-15-5-6-18-19(10-15)34-12-33-18/h5-10,16,27H,11-12H2,1-4H3,(H,26,28)/t16-/m1/s1. The van der Waals surface area contributed by atoms with E-state index in [1.807, 2.05) is 0 Å². The van der Waals surface area contributed by atoms with E-state index < -0.39 is 17.5 Å². The van der Waals surface area contributed by atoms with Crippen LogP contribution in [0.5, 0.6) is 34.5 Å². The molecular weight excluding hydrogens is 458 g/mol. The molecule has 0 unspecified atom stereocenters. The number of carbonyl (C=O) groups excluding carboxylic acids is 1. The van der Waals surface area contributed by atoms with Gasteiger partial charge in [0.05, 0.1) is 26.9 Å².